The van der Waals surface area contributed by atoms with E-state index in [2.05, 4.69) is 31.1 Å². The molecule has 1 saturated carbocycles. The topological polar surface area (TPSA) is 41.6 Å². The third-order valence-corrected chi connectivity index (χ3v) is 5.88. The molecule has 3 rings (SSSR count). The summed E-state index contributed by atoms with van der Waals surface area (Å²) in [7, 11) is 2.15. The van der Waals surface area contributed by atoms with Crippen molar-refractivity contribution in [2.75, 3.05) is 20.2 Å². The van der Waals surface area contributed by atoms with Gasteiger partial charge in [0.2, 0.25) is 5.91 Å². The van der Waals surface area contributed by atoms with Crippen LogP contribution in [-0.2, 0) is 9.53 Å². The van der Waals surface area contributed by atoms with Crippen LogP contribution in [0.3, 0.4) is 0 Å². The molecule has 1 heterocycles. The van der Waals surface area contributed by atoms with Crippen LogP contribution in [0, 0.1) is 11.3 Å². The first-order valence-corrected chi connectivity index (χ1v) is 9.07. The van der Waals surface area contributed by atoms with Crippen LogP contribution in [-0.4, -0.2) is 43.2 Å². The van der Waals surface area contributed by atoms with Crippen LogP contribution in [0.25, 0.3) is 0 Å². The Balaban J connectivity index is 1.48. The number of carbonyl (C=O) groups is 1. The van der Waals surface area contributed by atoms with Gasteiger partial charge in [-0.1, -0.05) is 44.2 Å². The molecule has 132 valence electrons. The number of nitrogens with zero attached hydrogens (tertiary/aromatic N) is 1. The van der Waals surface area contributed by atoms with E-state index in [9.17, 15) is 4.79 Å². The standard InChI is InChI=1S/C20H30N2O2/c1-14(15-8-6-5-7-9-15)21-17(23)10-12-22(4)18-16-11-13-24-19(16)20(18,2)3/h5-9,14,16,18-19H,10-13H2,1-4H3,(H,21,23)/t14-,16+,18+,19-/m0/s1. The summed E-state index contributed by atoms with van der Waals surface area (Å²) in [4.78, 5) is 14.7. The van der Waals surface area contributed by atoms with Crippen molar-refractivity contribution in [2.45, 2.75) is 51.8 Å². The average Bonchev–Trinajstić information content (AvgIpc) is 3.00. The monoisotopic (exact) mass is 330 g/mol. The number of hydrogen-bond acceptors (Lipinski definition) is 3. The summed E-state index contributed by atoms with van der Waals surface area (Å²) in [6.45, 7) is 8.30. The molecule has 1 saturated heterocycles. The van der Waals surface area contributed by atoms with Crippen LogP contribution in [0.5, 0.6) is 0 Å². The molecule has 4 heteroatoms. The molecule has 2 aliphatic rings. The van der Waals surface area contributed by atoms with Crippen LogP contribution >= 0.6 is 0 Å². The molecule has 4 atom stereocenters. The van der Waals surface area contributed by atoms with Crippen LogP contribution in [0.15, 0.2) is 30.3 Å². The van der Waals surface area contributed by atoms with Crippen molar-refractivity contribution in [1.29, 1.82) is 0 Å². The van der Waals surface area contributed by atoms with Crippen LogP contribution < -0.4 is 5.32 Å². The zero-order chi connectivity index (χ0) is 17.3. The number of benzene rings is 1. The minimum absolute atomic E-state index is 0.0526. The van der Waals surface area contributed by atoms with Crippen molar-refractivity contribution in [3.8, 4) is 0 Å². The highest BCUT2D eigenvalue weighted by Crippen LogP contribution is 2.54. The number of hydrogen-bond donors (Lipinski definition) is 1. The SMILES string of the molecule is C[C@H](NC(=O)CCN(C)[C@@H]1[C@H]2CCO[C@@H]2C1(C)C)c1ccccc1. The molecule has 0 radical (unpaired) electrons. The lowest BCUT2D eigenvalue weighted by molar-refractivity contribution is -0.150. The molecule has 1 amide bonds. The smallest absolute Gasteiger partial charge is 0.221 e. The maximum absolute atomic E-state index is 12.3. The third kappa shape index (κ3) is 3.22. The Morgan fingerprint density at radius 3 is 2.79 bits per heavy atom. The van der Waals surface area contributed by atoms with Gasteiger partial charge in [0.1, 0.15) is 0 Å². The first-order chi connectivity index (χ1) is 11.4. The lowest BCUT2D eigenvalue weighted by Gasteiger charge is -2.58. The zero-order valence-corrected chi connectivity index (χ0v) is 15.3. The highest BCUT2D eigenvalue weighted by Gasteiger charge is 2.60. The quantitative estimate of drug-likeness (QED) is 0.872. The molecule has 4 nitrogen and oxygen atoms in total. The molecule has 1 N–H and O–H groups in total. The molecule has 1 aromatic rings. The van der Waals surface area contributed by atoms with E-state index in [1.165, 1.54) is 0 Å². The van der Waals surface area contributed by atoms with E-state index in [0.717, 1.165) is 25.1 Å². The molecular formula is C20H30N2O2. The second kappa shape index (κ2) is 6.85. The molecule has 0 aromatic heterocycles. The summed E-state index contributed by atoms with van der Waals surface area (Å²) < 4.78 is 5.87. The van der Waals surface area contributed by atoms with Gasteiger partial charge < -0.3 is 15.0 Å². The second-order valence-electron chi connectivity index (χ2n) is 7.94. The predicted octanol–water partition coefficient (Wildman–Crippen LogP) is 3.00. The van der Waals surface area contributed by atoms with Gasteiger partial charge in [-0.05, 0) is 26.0 Å². The maximum atomic E-state index is 12.3. The van der Waals surface area contributed by atoms with Gasteiger partial charge in [-0.2, -0.15) is 0 Å². The average molecular weight is 330 g/mol. The highest BCUT2D eigenvalue weighted by atomic mass is 16.5. The molecule has 24 heavy (non-hydrogen) atoms. The minimum Gasteiger partial charge on any atom is -0.377 e. The van der Waals surface area contributed by atoms with Gasteiger partial charge in [-0.25, -0.2) is 0 Å². The molecular weight excluding hydrogens is 300 g/mol. The van der Waals surface area contributed by atoms with Gasteiger partial charge in [0.15, 0.2) is 0 Å². The number of amides is 1. The largest absolute Gasteiger partial charge is 0.377 e. The number of rotatable bonds is 6. The van der Waals surface area contributed by atoms with Crippen molar-refractivity contribution < 1.29 is 9.53 Å². The van der Waals surface area contributed by atoms with Crippen molar-refractivity contribution in [1.82, 2.24) is 10.2 Å². The van der Waals surface area contributed by atoms with E-state index in [0.29, 0.717) is 24.5 Å². The molecule has 1 aliphatic heterocycles. The van der Waals surface area contributed by atoms with E-state index in [-0.39, 0.29) is 17.4 Å². The van der Waals surface area contributed by atoms with Gasteiger partial charge in [-0.15, -0.1) is 0 Å². The van der Waals surface area contributed by atoms with E-state index < -0.39 is 0 Å². The number of ether oxygens (including phenoxy) is 1. The van der Waals surface area contributed by atoms with Crippen molar-refractivity contribution >= 4 is 5.91 Å². The second-order valence-corrected chi connectivity index (χ2v) is 7.94. The van der Waals surface area contributed by atoms with E-state index in [1.54, 1.807) is 0 Å². The van der Waals surface area contributed by atoms with Gasteiger partial charge >= 0.3 is 0 Å². The number of carbonyl (C=O) groups excluding carboxylic acids is 1. The Bertz CT molecular complexity index is 572. The predicted molar refractivity (Wildman–Crippen MR) is 95.7 cm³/mol. The summed E-state index contributed by atoms with van der Waals surface area (Å²) in [6.07, 6.45) is 2.09. The molecule has 2 fully saturated rings. The Morgan fingerprint density at radius 1 is 1.38 bits per heavy atom. The van der Waals surface area contributed by atoms with Crippen LogP contribution in [0.4, 0.5) is 0 Å². The summed E-state index contributed by atoms with van der Waals surface area (Å²) in [6, 6.07) is 10.7. The summed E-state index contributed by atoms with van der Waals surface area (Å²) >= 11 is 0. The Hall–Kier alpha value is -1.39. The lowest BCUT2D eigenvalue weighted by Crippen LogP contribution is -2.66. The lowest BCUT2D eigenvalue weighted by atomic mass is 9.57. The summed E-state index contributed by atoms with van der Waals surface area (Å²) in [5.74, 6) is 0.755. The van der Waals surface area contributed by atoms with Crippen molar-refractivity contribution in [3.63, 3.8) is 0 Å². The maximum Gasteiger partial charge on any atom is 0.221 e. The van der Waals surface area contributed by atoms with Gasteiger partial charge in [0, 0.05) is 36.9 Å². The first-order valence-electron chi connectivity index (χ1n) is 9.07. The number of fused-ring (bicyclic) bond motifs is 1. The van der Waals surface area contributed by atoms with Crippen molar-refractivity contribution in [2.24, 2.45) is 11.3 Å². The van der Waals surface area contributed by atoms with Crippen molar-refractivity contribution in [3.05, 3.63) is 35.9 Å². The van der Waals surface area contributed by atoms with Gasteiger partial charge in [0.05, 0.1) is 12.1 Å². The van der Waals surface area contributed by atoms with Gasteiger partial charge in [-0.3, -0.25) is 4.79 Å². The zero-order valence-electron chi connectivity index (χ0n) is 15.3. The molecule has 0 spiro atoms. The highest BCUT2D eigenvalue weighted by molar-refractivity contribution is 5.76. The fourth-order valence-electron chi connectivity index (χ4n) is 4.75. The van der Waals surface area contributed by atoms with Crippen LogP contribution in [0.2, 0.25) is 0 Å². The molecule has 1 aromatic carbocycles. The minimum atomic E-state index is 0.0526. The van der Waals surface area contributed by atoms with Crippen LogP contribution in [0.1, 0.15) is 45.2 Å². The summed E-state index contributed by atoms with van der Waals surface area (Å²) in [5, 5.41) is 3.10. The van der Waals surface area contributed by atoms with Gasteiger partial charge in [0.25, 0.3) is 0 Å². The summed E-state index contributed by atoms with van der Waals surface area (Å²) in [5.41, 5.74) is 1.33. The Labute approximate surface area is 145 Å². The van der Waals surface area contributed by atoms with E-state index >= 15 is 0 Å². The Morgan fingerprint density at radius 2 is 2.08 bits per heavy atom. The number of nitrogens with one attached hydrogen (secondary N) is 1. The fraction of sp³-hybridized carbons (Fsp3) is 0.650. The normalized spacial score (nSPS) is 29.0. The van der Waals surface area contributed by atoms with E-state index in [4.69, 9.17) is 4.74 Å². The fourth-order valence-corrected chi connectivity index (χ4v) is 4.75. The first kappa shape index (κ1) is 17.4. The molecule has 0 unspecified atom stereocenters. The molecule has 0 bridgehead atoms. The Kier molecular flexibility index (Phi) is 4.97. The molecule has 1 aliphatic carbocycles. The van der Waals surface area contributed by atoms with E-state index in [1.807, 2.05) is 37.3 Å². The third-order valence-electron chi connectivity index (χ3n) is 5.88.